The SMILES string of the molecule is CC(C)CCNC(=O)N[C@H](CC(C)C)C(=O)N1CCN(C)CC1. The van der Waals surface area contributed by atoms with E-state index in [0.717, 1.165) is 32.6 Å². The standard InChI is InChI=1S/C17H34N4O2/c1-13(2)6-7-18-17(23)19-15(12-14(3)4)16(22)21-10-8-20(5)9-11-21/h13-15H,6-12H2,1-5H3,(H2,18,19,23)/t15-/m1/s1. The average molecular weight is 326 g/mol. The Morgan fingerprint density at radius 1 is 1.00 bits per heavy atom. The summed E-state index contributed by atoms with van der Waals surface area (Å²) in [6.45, 7) is 12.3. The quantitative estimate of drug-likeness (QED) is 0.745. The maximum absolute atomic E-state index is 12.7. The molecule has 0 bridgehead atoms. The number of hydrogen-bond donors (Lipinski definition) is 2. The van der Waals surface area contributed by atoms with Gasteiger partial charge in [-0.05, 0) is 31.7 Å². The summed E-state index contributed by atoms with van der Waals surface area (Å²) in [5, 5.41) is 5.73. The van der Waals surface area contributed by atoms with E-state index >= 15 is 0 Å². The minimum atomic E-state index is -0.433. The molecule has 1 aliphatic rings. The first-order valence-electron chi connectivity index (χ1n) is 8.81. The van der Waals surface area contributed by atoms with E-state index in [-0.39, 0.29) is 11.9 Å². The van der Waals surface area contributed by atoms with Gasteiger partial charge in [0.2, 0.25) is 5.91 Å². The second-order valence-electron chi connectivity index (χ2n) is 7.39. The second-order valence-corrected chi connectivity index (χ2v) is 7.39. The second kappa shape index (κ2) is 9.75. The highest BCUT2D eigenvalue weighted by Crippen LogP contribution is 2.10. The molecule has 2 N–H and O–H groups in total. The number of carbonyl (C=O) groups excluding carboxylic acids is 2. The van der Waals surface area contributed by atoms with Crippen molar-refractivity contribution in [3.63, 3.8) is 0 Å². The molecule has 6 heteroatoms. The number of carbonyl (C=O) groups is 2. The molecule has 0 radical (unpaired) electrons. The minimum Gasteiger partial charge on any atom is -0.338 e. The molecule has 0 unspecified atom stereocenters. The lowest BCUT2D eigenvalue weighted by molar-refractivity contribution is -0.135. The molecule has 23 heavy (non-hydrogen) atoms. The lowest BCUT2D eigenvalue weighted by Crippen LogP contribution is -2.55. The zero-order valence-corrected chi connectivity index (χ0v) is 15.4. The van der Waals surface area contributed by atoms with Crippen LogP contribution in [0.25, 0.3) is 0 Å². The highest BCUT2D eigenvalue weighted by atomic mass is 16.2. The number of nitrogens with zero attached hydrogens (tertiary/aromatic N) is 2. The summed E-state index contributed by atoms with van der Waals surface area (Å²) in [4.78, 5) is 28.9. The topological polar surface area (TPSA) is 64.7 Å². The number of hydrogen-bond acceptors (Lipinski definition) is 3. The summed E-state index contributed by atoms with van der Waals surface area (Å²) in [6, 6.07) is -0.670. The van der Waals surface area contributed by atoms with Crippen molar-refractivity contribution in [2.45, 2.75) is 46.6 Å². The monoisotopic (exact) mass is 326 g/mol. The average Bonchev–Trinajstić information content (AvgIpc) is 2.45. The third kappa shape index (κ3) is 7.68. The Kier molecular flexibility index (Phi) is 8.37. The van der Waals surface area contributed by atoms with E-state index in [4.69, 9.17) is 0 Å². The normalized spacial score (nSPS) is 17.4. The molecular weight excluding hydrogens is 292 g/mol. The summed E-state index contributed by atoms with van der Waals surface area (Å²) in [5.74, 6) is 0.951. The van der Waals surface area contributed by atoms with Crippen LogP contribution in [0.15, 0.2) is 0 Å². The van der Waals surface area contributed by atoms with E-state index in [1.54, 1.807) is 0 Å². The van der Waals surface area contributed by atoms with E-state index in [2.05, 4.69) is 50.3 Å². The van der Waals surface area contributed by atoms with E-state index in [9.17, 15) is 9.59 Å². The zero-order chi connectivity index (χ0) is 17.4. The van der Waals surface area contributed by atoms with Crippen molar-refractivity contribution in [3.05, 3.63) is 0 Å². The van der Waals surface area contributed by atoms with E-state index in [1.165, 1.54) is 0 Å². The van der Waals surface area contributed by atoms with Gasteiger partial charge in [-0.15, -0.1) is 0 Å². The predicted molar refractivity (Wildman–Crippen MR) is 93.3 cm³/mol. The van der Waals surface area contributed by atoms with Crippen molar-refractivity contribution in [2.24, 2.45) is 11.8 Å². The van der Waals surface area contributed by atoms with Gasteiger partial charge in [-0.25, -0.2) is 4.79 Å². The molecule has 0 saturated carbocycles. The molecule has 0 aromatic heterocycles. The van der Waals surface area contributed by atoms with Gasteiger partial charge in [0.25, 0.3) is 0 Å². The van der Waals surface area contributed by atoms with Crippen LogP contribution < -0.4 is 10.6 Å². The fourth-order valence-corrected chi connectivity index (χ4v) is 2.62. The maximum atomic E-state index is 12.7. The molecule has 1 heterocycles. The van der Waals surface area contributed by atoms with Crippen molar-refractivity contribution in [3.8, 4) is 0 Å². The van der Waals surface area contributed by atoms with Gasteiger partial charge >= 0.3 is 6.03 Å². The third-order valence-electron chi connectivity index (χ3n) is 4.13. The van der Waals surface area contributed by atoms with Crippen LogP contribution in [0.1, 0.15) is 40.5 Å². The Morgan fingerprint density at radius 2 is 1.61 bits per heavy atom. The molecule has 1 rings (SSSR count). The molecule has 0 aromatic carbocycles. The molecule has 3 amide bonds. The van der Waals surface area contributed by atoms with Gasteiger partial charge in [-0.2, -0.15) is 0 Å². The number of amides is 3. The first kappa shape index (κ1) is 19.7. The Bertz CT molecular complexity index is 377. The predicted octanol–water partition coefficient (Wildman–Crippen LogP) is 1.52. The van der Waals surface area contributed by atoms with Crippen LogP contribution >= 0.6 is 0 Å². The number of nitrogens with one attached hydrogen (secondary N) is 2. The van der Waals surface area contributed by atoms with Crippen LogP contribution in [0, 0.1) is 11.8 Å². The van der Waals surface area contributed by atoms with Gasteiger partial charge in [-0.1, -0.05) is 27.7 Å². The van der Waals surface area contributed by atoms with Crippen molar-refractivity contribution in [2.75, 3.05) is 39.8 Å². The molecule has 1 saturated heterocycles. The summed E-state index contributed by atoms with van der Waals surface area (Å²) < 4.78 is 0. The first-order chi connectivity index (χ1) is 10.8. The van der Waals surface area contributed by atoms with Crippen LogP contribution in [0.2, 0.25) is 0 Å². The molecular formula is C17H34N4O2. The van der Waals surface area contributed by atoms with Crippen LogP contribution in [0.5, 0.6) is 0 Å². The van der Waals surface area contributed by atoms with Crippen LogP contribution in [0.3, 0.4) is 0 Å². The highest BCUT2D eigenvalue weighted by Gasteiger charge is 2.28. The molecule has 0 aromatic rings. The fourth-order valence-electron chi connectivity index (χ4n) is 2.62. The number of likely N-dealkylation sites (N-methyl/N-ethyl adjacent to an activating group) is 1. The zero-order valence-electron chi connectivity index (χ0n) is 15.4. The van der Waals surface area contributed by atoms with E-state index < -0.39 is 6.04 Å². The van der Waals surface area contributed by atoms with Gasteiger partial charge in [0.05, 0.1) is 0 Å². The Balaban J connectivity index is 2.53. The summed E-state index contributed by atoms with van der Waals surface area (Å²) >= 11 is 0. The summed E-state index contributed by atoms with van der Waals surface area (Å²) in [7, 11) is 2.06. The third-order valence-corrected chi connectivity index (χ3v) is 4.13. The van der Waals surface area contributed by atoms with Gasteiger partial charge in [0.1, 0.15) is 6.04 Å². The maximum Gasteiger partial charge on any atom is 0.315 e. The van der Waals surface area contributed by atoms with Crippen molar-refractivity contribution < 1.29 is 9.59 Å². The lowest BCUT2D eigenvalue weighted by atomic mass is 10.0. The largest absolute Gasteiger partial charge is 0.338 e. The van der Waals surface area contributed by atoms with Crippen molar-refractivity contribution in [1.82, 2.24) is 20.4 Å². The van der Waals surface area contributed by atoms with Crippen LogP contribution in [0.4, 0.5) is 4.79 Å². The number of rotatable bonds is 7. The molecule has 1 fully saturated rings. The van der Waals surface area contributed by atoms with Gasteiger partial charge in [0, 0.05) is 32.7 Å². The minimum absolute atomic E-state index is 0.0470. The number of piperazine rings is 1. The smallest absolute Gasteiger partial charge is 0.315 e. The molecule has 134 valence electrons. The summed E-state index contributed by atoms with van der Waals surface area (Å²) in [6.07, 6.45) is 1.61. The highest BCUT2D eigenvalue weighted by molar-refractivity contribution is 5.87. The van der Waals surface area contributed by atoms with Gasteiger partial charge < -0.3 is 20.4 Å². The molecule has 1 aliphatic heterocycles. The Labute approximate surface area is 141 Å². The molecule has 0 spiro atoms. The first-order valence-corrected chi connectivity index (χ1v) is 8.81. The van der Waals surface area contributed by atoms with E-state index in [1.807, 2.05) is 4.90 Å². The number of urea groups is 1. The lowest BCUT2D eigenvalue weighted by Gasteiger charge is -2.35. The van der Waals surface area contributed by atoms with Crippen molar-refractivity contribution in [1.29, 1.82) is 0 Å². The van der Waals surface area contributed by atoms with Crippen LogP contribution in [-0.2, 0) is 4.79 Å². The van der Waals surface area contributed by atoms with Crippen molar-refractivity contribution >= 4 is 11.9 Å². The Hall–Kier alpha value is -1.30. The Morgan fingerprint density at radius 3 is 2.13 bits per heavy atom. The molecule has 1 atom stereocenters. The molecule has 6 nitrogen and oxygen atoms in total. The van der Waals surface area contributed by atoms with E-state index in [0.29, 0.717) is 24.8 Å². The van der Waals surface area contributed by atoms with Gasteiger partial charge in [0.15, 0.2) is 0 Å². The van der Waals surface area contributed by atoms with Gasteiger partial charge in [-0.3, -0.25) is 4.79 Å². The molecule has 0 aliphatic carbocycles. The van der Waals surface area contributed by atoms with Crippen LogP contribution in [-0.4, -0.2) is 67.6 Å². The fraction of sp³-hybridized carbons (Fsp3) is 0.882. The summed E-state index contributed by atoms with van der Waals surface area (Å²) in [5.41, 5.74) is 0.